The fraction of sp³-hybridized carbons (Fsp3) is 0.333. The zero-order valence-corrected chi connectivity index (χ0v) is 12.8. The monoisotopic (exact) mass is 291 g/mol. The molecule has 2 rings (SSSR count). The van der Waals surface area contributed by atoms with E-state index in [0.29, 0.717) is 11.0 Å². The van der Waals surface area contributed by atoms with Gasteiger partial charge in [0.15, 0.2) is 11.0 Å². The van der Waals surface area contributed by atoms with Crippen LogP contribution in [-0.4, -0.2) is 16.1 Å². The Labute approximate surface area is 124 Å². The molecule has 4 nitrogen and oxygen atoms in total. The molecule has 0 unspecified atom stereocenters. The third kappa shape index (κ3) is 3.61. The number of hydrogen-bond acceptors (Lipinski definition) is 4. The lowest BCUT2D eigenvalue weighted by Crippen LogP contribution is -2.05. The number of benzene rings is 1. The molecule has 1 aromatic carbocycles. The first-order chi connectivity index (χ1) is 9.45. The van der Waals surface area contributed by atoms with Crippen LogP contribution in [0, 0.1) is 13.8 Å². The van der Waals surface area contributed by atoms with Gasteiger partial charge in [-0.05, 0) is 52.0 Å². The van der Waals surface area contributed by atoms with Crippen molar-refractivity contribution in [3.63, 3.8) is 0 Å². The van der Waals surface area contributed by atoms with Crippen LogP contribution in [-0.2, 0) is 0 Å². The summed E-state index contributed by atoms with van der Waals surface area (Å²) in [6.07, 6.45) is 0.161. The van der Waals surface area contributed by atoms with E-state index in [4.69, 9.17) is 16.3 Å². The highest BCUT2D eigenvalue weighted by atomic mass is 35.5. The molecule has 0 saturated carbocycles. The van der Waals surface area contributed by atoms with E-state index in [1.807, 2.05) is 52.0 Å². The maximum Gasteiger partial charge on any atom is 0.172 e. The van der Waals surface area contributed by atoms with Crippen LogP contribution in [0.25, 0.3) is 0 Å². The van der Waals surface area contributed by atoms with Gasteiger partial charge in [0.2, 0.25) is 0 Å². The van der Waals surface area contributed by atoms with Gasteiger partial charge in [-0.25, -0.2) is 9.97 Å². The second-order valence-electron chi connectivity index (χ2n) is 4.85. The largest absolute Gasteiger partial charge is 0.491 e. The van der Waals surface area contributed by atoms with Crippen LogP contribution in [0.2, 0.25) is 5.15 Å². The molecule has 0 fully saturated rings. The van der Waals surface area contributed by atoms with Gasteiger partial charge in [-0.2, -0.15) is 0 Å². The Morgan fingerprint density at radius 1 is 1.05 bits per heavy atom. The van der Waals surface area contributed by atoms with Gasteiger partial charge in [-0.1, -0.05) is 11.6 Å². The van der Waals surface area contributed by atoms with Gasteiger partial charge in [0.1, 0.15) is 5.75 Å². The Bertz CT molecular complexity index is 597. The molecule has 0 amide bonds. The summed E-state index contributed by atoms with van der Waals surface area (Å²) in [4.78, 5) is 8.64. The van der Waals surface area contributed by atoms with Gasteiger partial charge < -0.3 is 10.1 Å². The number of aromatic nitrogens is 2. The molecule has 0 aliphatic rings. The smallest absolute Gasteiger partial charge is 0.172 e. The minimum atomic E-state index is 0.161. The average Bonchev–Trinajstić information content (AvgIpc) is 2.37. The van der Waals surface area contributed by atoms with Gasteiger partial charge in [-0.3, -0.25) is 0 Å². The van der Waals surface area contributed by atoms with Crippen LogP contribution in [0.1, 0.15) is 25.2 Å². The maximum atomic E-state index is 6.09. The standard InChI is InChI=1S/C15H18ClN3O/c1-9(2)20-13-7-5-12(6-8-13)19-15-14(16)17-10(3)11(4)18-15/h5-9H,1-4H3,(H,18,19). The first-order valence-electron chi connectivity index (χ1n) is 6.50. The molecule has 0 atom stereocenters. The summed E-state index contributed by atoms with van der Waals surface area (Å²) in [5.41, 5.74) is 2.58. The number of nitrogens with zero attached hydrogens (tertiary/aromatic N) is 2. The molecule has 0 aliphatic carbocycles. The summed E-state index contributed by atoms with van der Waals surface area (Å²) in [5, 5.41) is 3.53. The Morgan fingerprint density at radius 3 is 2.25 bits per heavy atom. The van der Waals surface area contributed by atoms with E-state index in [-0.39, 0.29) is 6.10 Å². The van der Waals surface area contributed by atoms with Gasteiger partial charge in [0.05, 0.1) is 17.5 Å². The lowest BCUT2D eigenvalue weighted by Gasteiger charge is -2.12. The highest BCUT2D eigenvalue weighted by Crippen LogP contribution is 2.24. The molecule has 1 heterocycles. The Kier molecular flexibility index (Phi) is 4.45. The van der Waals surface area contributed by atoms with Crippen LogP contribution >= 0.6 is 11.6 Å². The topological polar surface area (TPSA) is 47.0 Å². The number of aryl methyl sites for hydroxylation is 2. The minimum Gasteiger partial charge on any atom is -0.491 e. The second-order valence-corrected chi connectivity index (χ2v) is 5.21. The average molecular weight is 292 g/mol. The number of hydrogen-bond donors (Lipinski definition) is 1. The fourth-order valence-corrected chi connectivity index (χ4v) is 1.90. The van der Waals surface area contributed by atoms with E-state index < -0.39 is 0 Å². The van der Waals surface area contributed by atoms with E-state index in [9.17, 15) is 0 Å². The van der Waals surface area contributed by atoms with E-state index in [1.165, 1.54) is 0 Å². The summed E-state index contributed by atoms with van der Waals surface area (Å²) in [5.74, 6) is 1.40. The number of anilines is 2. The van der Waals surface area contributed by atoms with Crippen molar-refractivity contribution in [3.05, 3.63) is 40.8 Å². The third-order valence-corrected chi connectivity index (χ3v) is 3.02. The van der Waals surface area contributed by atoms with Crippen molar-refractivity contribution in [1.29, 1.82) is 0 Å². The molecular weight excluding hydrogens is 274 g/mol. The van der Waals surface area contributed by atoms with Crippen molar-refractivity contribution in [2.75, 3.05) is 5.32 Å². The molecule has 0 saturated heterocycles. The molecule has 106 valence electrons. The number of ether oxygens (including phenoxy) is 1. The van der Waals surface area contributed by atoms with Gasteiger partial charge in [0.25, 0.3) is 0 Å². The highest BCUT2D eigenvalue weighted by molar-refractivity contribution is 6.31. The van der Waals surface area contributed by atoms with Gasteiger partial charge >= 0.3 is 0 Å². The SMILES string of the molecule is Cc1nc(Cl)c(Nc2ccc(OC(C)C)cc2)nc1C. The van der Waals surface area contributed by atoms with Crippen molar-refractivity contribution in [2.45, 2.75) is 33.8 Å². The second kappa shape index (κ2) is 6.09. The molecular formula is C15H18ClN3O. The van der Waals surface area contributed by atoms with E-state index >= 15 is 0 Å². The lowest BCUT2D eigenvalue weighted by molar-refractivity contribution is 0.242. The van der Waals surface area contributed by atoms with Crippen LogP contribution in [0.4, 0.5) is 11.5 Å². The zero-order valence-electron chi connectivity index (χ0n) is 12.1. The van der Waals surface area contributed by atoms with Crippen LogP contribution < -0.4 is 10.1 Å². The Hall–Kier alpha value is -1.81. The lowest BCUT2D eigenvalue weighted by atomic mass is 10.3. The summed E-state index contributed by atoms with van der Waals surface area (Å²) in [7, 11) is 0. The first-order valence-corrected chi connectivity index (χ1v) is 6.88. The summed E-state index contributed by atoms with van der Waals surface area (Å²) in [6, 6.07) is 7.66. The van der Waals surface area contributed by atoms with Crippen molar-refractivity contribution >= 4 is 23.1 Å². The molecule has 0 radical (unpaired) electrons. The summed E-state index contributed by atoms with van der Waals surface area (Å²) >= 11 is 6.09. The number of rotatable bonds is 4. The number of nitrogens with one attached hydrogen (secondary N) is 1. The van der Waals surface area contributed by atoms with E-state index in [0.717, 1.165) is 22.8 Å². The molecule has 1 N–H and O–H groups in total. The van der Waals surface area contributed by atoms with Crippen molar-refractivity contribution in [1.82, 2.24) is 9.97 Å². The van der Waals surface area contributed by atoms with Gasteiger partial charge in [0, 0.05) is 5.69 Å². The molecule has 1 aromatic heterocycles. The normalized spacial score (nSPS) is 10.7. The molecule has 0 aliphatic heterocycles. The van der Waals surface area contributed by atoms with Crippen molar-refractivity contribution in [2.24, 2.45) is 0 Å². The molecule has 0 spiro atoms. The predicted molar refractivity (Wildman–Crippen MR) is 82.0 cm³/mol. The third-order valence-electron chi connectivity index (χ3n) is 2.75. The zero-order chi connectivity index (χ0) is 14.7. The minimum absolute atomic E-state index is 0.161. The summed E-state index contributed by atoms with van der Waals surface area (Å²) < 4.78 is 5.60. The van der Waals surface area contributed by atoms with Crippen LogP contribution in [0.15, 0.2) is 24.3 Å². The Morgan fingerprint density at radius 2 is 1.65 bits per heavy atom. The van der Waals surface area contributed by atoms with Crippen LogP contribution in [0.5, 0.6) is 5.75 Å². The van der Waals surface area contributed by atoms with Gasteiger partial charge in [-0.15, -0.1) is 0 Å². The first kappa shape index (κ1) is 14.6. The number of halogens is 1. The predicted octanol–water partition coefficient (Wildman–Crippen LogP) is 4.28. The quantitative estimate of drug-likeness (QED) is 0.913. The van der Waals surface area contributed by atoms with Crippen LogP contribution in [0.3, 0.4) is 0 Å². The van der Waals surface area contributed by atoms with E-state index in [2.05, 4.69) is 15.3 Å². The molecule has 2 aromatic rings. The molecule has 20 heavy (non-hydrogen) atoms. The van der Waals surface area contributed by atoms with Crippen molar-refractivity contribution < 1.29 is 4.74 Å². The maximum absolute atomic E-state index is 6.09. The Balaban J connectivity index is 2.16. The molecule has 0 bridgehead atoms. The van der Waals surface area contributed by atoms with Crippen molar-refractivity contribution in [3.8, 4) is 5.75 Å². The van der Waals surface area contributed by atoms with E-state index in [1.54, 1.807) is 0 Å². The molecule has 5 heteroatoms. The summed E-state index contributed by atoms with van der Waals surface area (Å²) in [6.45, 7) is 7.78. The highest BCUT2D eigenvalue weighted by Gasteiger charge is 2.07. The fourth-order valence-electron chi connectivity index (χ4n) is 1.68.